The number of hydrogen-bond donors (Lipinski definition) is 1. The first-order valence-corrected chi connectivity index (χ1v) is 7.06. The lowest BCUT2D eigenvalue weighted by atomic mass is 10.2. The lowest BCUT2D eigenvalue weighted by Gasteiger charge is -2.00. The Morgan fingerprint density at radius 2 is 1.95 bits per heavy atom. The normalized spacial score (nSPS) is 10.8. The smallest absolute Gasteiger partial charge is 0.259 e. The van der Waals surface area contributed by atoms with E-state index in [0.717, 1.165) is 0 Å². The van der Waals surface area contributed by atoms with Gasteiger partial charge >= 0.3 is 0 Å². The van der Waals surface area contributed by atoms with Crippen molar-refractivity contribution in [2.75, 3.05) is 5.73 Å². The van der Waals surface area contributed by atoms with Gasteiger partial charge in [0.05, 0.1) is 10.6 Å². The van der Waals surface area contributed by atoms with E-state index >= 15 is 0 Å². The second kappa shape index (κ2) is 5.46. The van der Waals surface area contributed by atoms with Crippen LogP contribution in [-0.4, -0.2) is 10.1 Å². The maximum atomic E-state index is 13.1. The minimum atomic E-state index is -0.353. The third-order valence-electron chi connectivity index (χ3n) is 2.82. The molecule has 106 valence electrons. The van der Waals surface area contributed by atoms with Gasteiger partial charge in [0.25, 0.3) is 5.89 Å². The minimum absolute atomic E-state index is 0.249. The highest BCUT2D eigenvalue weighted by Gasteiger charge is 2.15. The van der Waals surface area contributed by atoms with Crippen LogP contribution in [0.15, 0.2) is 45.4 Å². The SMILES string of the molecule is Nc1ccc(Cl)c(-c2nc(-c3ccc(F)cc3Br)no2)c1. The zero-order valence-corrected chi connectivity index (χ0v) is 12.8. The third-order valence-corrected chi connectivity index (χ3v) is 3.80. The fraction of sp³-hybridized carbons (Fsp3) is 0. The molecule has 0 unspecified atom stereocenters. The number of halogens is 3. The lowest BCUT2D eigenvalue weighted by molar-refractivity contribution is 0.432. The number of rotatable bonds is 2. The van der Waals surface area contributed by atoms with Gasteiger partial charge in [-0.05, 0) is 52.3 Å². The highest BCUT2D eigenvalue weighted by Crippen LogP contribution is 2.32. The van der Waals surface area contributed by atoms with Crippen molar-refractivity contribution in [3.8, 4) is 22.8 Å². The second-order valence-corrected chi connectivity index (χ2v) is 5.55. The zero-order valence-electron chi connectivity index (χ0n) is 10.5. The lowest BCUT2D eigenvalue weighted by Crippen LogP contribution is -1.87. The first-order valence-electron chi connectivity index (χ1n) is 5.89. The number of aromatic nitrogens is 2. The van der Waals surface area contributed by atoms with Crippen LogP contribution < -0.4 is 5.73 Å². The molecule has 0 radical (unpaired) electrons. The van der Waals surface area contributed by atoms with Crippen molar-refractivity contribution in [3.63, 3.8) is 0 Å². The Morgan fingerprint density at radius 1 is 1.14 bits per heavy atom. The molecule has 0 saturated carbocycles. The topological polar surface area (TPSA) is 64.9 Å². The number of nitrogens with two attached hydrogens (primary N) is 1. The van der Waals surface area contributed by atoms with Gasteiger partial charge in [-0.3, -0.25) is 0 Å². The summed E-state index contributed by atoms with van der Waals surface area (Å²) in [4.78, 5) is 4.27. The van der Waals surface area contributed by atoms with Gasteiger partial charge in [0, 0.05) is 15.7 Å². The summed E-state index contributed by atoms with van der Waals surface area (Å²) in [6.45, 7) is 0. The molecule has 0 bridgehead atoms. The van der Waals surface area contributed by atoms with Crippen LogP contribution in [0.3, 0.4) is 0 Å². The maximum absolute atomic E-state index is 13.1. The predicted molar refractivity (Wildman–Crippen MR) is 82.3 cm³/mol. The van der Waals surface area contributed by atoms with Crippen LogP contribution in [0.2, 0.25) is 5.02 Å². The van der Waals surface area contributed by atoms with E-state index in [4.69, 9.17) is 21.9 Å². The van der Waals surface area contributed by atoms with Gasteiger partial charge < -0.3 is 10.3 Å². The molecule has 3 aromatic rings. The van der Waals surface area contributed by atoms with Crippen LogP contribution in [0.4, 0.5) is 10.1 Å². The monoisotopic (exact) mass is 367 g/mol. The second-order valence-electron chi connectivity index (χ2n) is 4.29. The summed E-state index contributed by atoms with van der Waals surface area (Å²) in [5, 5.41) is 4.34. The van der Waals surface area contributed by atoms with E-state index in [1.54, 1.807) is 24.3 Å². The molecule has 2 N–H and O–H groups in total. The van der Waals surface area contributed by atoms with Crippen molar-refractivity contribution >= 4 is 33.2 Å². The summed E-state index contributed by atoms with van der Waals surface area (Å²) >= 11 is 9.36. The molecule has 1 heterocycles. The van der Waals surface area contributed by atoms with Gasteiger partial charge in [0.1, 0.15) is 5.82 Å². The molecule has 4 nitrogen and oxygen atoms in total. The van der Waals surface area contributed by atoms with Gasteiger partial charge in [-0.15, -0.1) is 0 Å². The quantitative estimate of drug-likeness (QED) is 0.674. The standard InChI is InChI=1S/C14H8BrClFN3O/c15-11-5-7(17)1-3-9(11)13-19-14(21-20-13)10-6-8(18)2-4-12(10)16/h1-6H,18H2. The van der Waals surface area contributed by atoms with Crippen molar-refractivity contribution in [1.29, 1.82) is 0 Å². The summed E-state index contributed by atoms with van der Waals surface area (Å²) in [6.07, 6.45) is 0. The average Bonchev–Trinajstić information content (AvgIpc) is 2.91. The van der Waals surface area contributed by atoms with E-state index in [1.807, 2.05) is 0 Å². The molecule has 7 heteroatoms. The van der Waals surface area contributed by atoms with Crippen LogP contribution in [-0.2, 0) is 0 Å². The largest absolute Gasteiger partial charge is 0.399 e. The summed E-state index contributed by atoms with van der Waals surface area (Å²) in [7, 11) is 0. The number of nitrogens with zero attached hydrogens (tertiary/aromatic N) is 2. The van der Waals surface area contributed by atoms with Crippen molar-refractivity contribution in [3.05, 3.63) is 51.7 Å². The van der Waals surface area contributed by atoms with Crippen molar-refractivity contribution < 1.29 is 8.91 Å². The molecule has 0 atom stereocenters. The minimum Gasteiger partial charge on any atom is -0.399 e. The third kappa shape index (κ3) is 2.77. The van der Waals surface area contributed by atoms with Gasteiger partial charge in [-0.2, -0.15) is 4.98 Å². The fourth-order valence-corrected chi connectivity index (χ4v) is 2.55. The Bertz CT molecular complexity index is 822. The Morgan fingerprint density at radius 3 is 2.71 bits per heavy atom. The van der Waals surface area contributed by atoms with Crippen molar-refractivity contribution in [2.24, 2.45) is 0 Å². The number of benzene rings is 2. The Balaban J connectivity index is 2.06. The molecule has 1 aromatic heterocycles. The van der Waals surface area contributed by atoms with E-state index < -0.39 is 0 Å². The van der Waals surface area contributed by atoms with E-state index in [1.165, 1.54) is 12.1 Å². The zero-order chi connectivity index (χ0) is 15.0. The highest BCUT2D eigenvalue weighted by molar-refractivity contribution is 9.10. The van der Waals surface area contributed by atoms with Gasteiger partial charge in [0.15, 0.2) is 0 Å². The molecule has 0 aliphatic carbocycles. The molecular weight excluding hydrogens is 361 g/mol. The molecule has 0 amide bonds. The van der Waals surface area contributed by atoms with E-state index in [9.17, 15) is 4.39 Å². The molecule has 0 fully saturated rings. The molecule has 0 aliphatic rings. The van der Waals surface area contributed by atoms with E-state index in [0.29, 0.717) is 32.1 Å². The Hall–Kier alpha value is -1.92. The summed E-state index contributed by atoms with van der Waals surface area (Å²) in [5.41, 5.74) is 7.43. The van der Waals surface area contributed by atoms with Crippen LogP contribution in [0.1, 0.15) is 0 Å². The summed E-state index contributed by atoms with van der Waals surface area (Å²) < 4.78 is 18.9. The molecule has 21 heavy (non-hydrogen) atoms. The summed E-state index contributed by atoms with van der Waals surface area (Å²) in [6, 6.07) is 9.21. The van der Waals surface area contributed by atoms with Crippen LogP contribution in [0.25, 0.3) is 22.8 Å². The maximum Gasteiger partial charge on any atom is 0.259 e. The predicted octanol–water partition coefficient (Wildman–Crippen LogP) is 4.54. The first-order chi connectivity index (χ1) is 10.0. The molecule has 0 spiro atoms. The molecule has 0 aliphatic heterocycles. The fourth-order valence-electron chi connectivity index (χ4n) is 1.82. The van der Waals surface area contributed by atoms with E-state index in [-0.39, 0.29) is 11.7 Å². The first kappa shape index (κ1) is 14.0. The van der Waals surface area contributed by atoms with Gasteiger partial charge in [-0.1, -0.05) is 16.8 Å². The summed E-state index contributed by atoms with van der Waals surface area (Å²) in [5.74, 6) is 0.224. The Labute approximate surface area is 132 Å². The molecular formula is C14H8BrClFN3O. The van der Waals surface area contributed by atoms with Gasteiger partial charge in [0.2, 0.25) is 5.82 Å². The number of hydrogen-bond acceptors (Lipinski definition) is 4. The van der Waals surface area contributed by atoms with Crippen molar-refractivity contribution in [2.45, 2.75) is 0 Å². The number of nitrogen functional groups attached to an aromatic ring is 1. The van der Waals surface area contributed by atoms with Gasteiger partial charge in [-0.25, -0.2) is 4.39 Å². The van der Waals surface area contributed by atoms with Crippen molar-refractivity contribution in [1.82, 2.24) is 10.1 Å². The highest BCUT2D eigenvalue weighted by atomic mass is 79.9. The van der Waals surface area contributed by atoms with Crippen LogP contribution >= 0.6 is 27.5 Å². The molecule has 3 rings (SSSR count). The Kier molecular flexibility index (Phi) is 3.65. The molecule has 0 saturated heterocycles. The van der Waals surface area contributed by atoms with Crippen LogP contribution in [0, 0.1) is 5.82 Å². The van der Waals surface area contributed by atoms with Crippen LogP contribution in [0.5, 0.6) is 0 Å². The molecule has 2 aromatic carbocycles. The number of anilines is 1. The average molecular weight is 369 g/mol. The van der Waals surface area contributed by atoms with E-state index in [2.05, 4.69) is 26.1 Å².